The summed E-state index contributed by atoms with van der Waals surface area (Å²) in [6, 6.07) is 3.50. The summed E-state index contributed by atoms with van der Waals surface area (Å²) in [7, 11) is 0. The highest BCUT2D eigenvalue weighted by molar-refractivity contribution is 6.30. The van der Waals surface area contributed by atoms with Crippen molar-refractivity contribution in [1.82, 2.24) is 9.88 Å². The number of piperidine rings is 1. The van der Waals surface area contributed by atoms with Crippen molar-refractivity contribution < 1.29 is 14.6 Å². The van der Waals surface area contributed by atoms with E-state index in [0.717, 1.165) is 5.69 Å². The van der Waals surface area contributed by atoms with E-state index in [0.29, 0.717) is 24.4 Å². The third-order valence-corrected chi connectivity index (χ3v) is 4.26. The largest absolute Gasteiger partial charge is 0.444 e. The van der Waals surface area contributed by atoms with Gasteiger partial charge in [-0.25, -0.2) is 4.79 Å². The van der Waals surface area contributed by atoms with Crippen LogP contribution in [0.25, 0.3) is 0 Å². The van der Waals surface area contributed by atoms with Gasteiger partial charge < -0.3 is 14.7 Å². The Balaban J connectivity index is 2.19. The van der Waals surface area contributed by atoms with Crippen molar-refractivity contribution in [1.29, 1.82) is 0 Å². The first-order valence-electron chi connectivity index (χ1n) is 7.96. The van der Waals surface area contributed by atoms with Crippen LogP contribution in [0.15, 0.2) is 18.3 Å². The zero-order valence-electron chi connectivity index (χ0n) is 14.1. The van der Waals surface area contributed by atoms with Gasteiger partial charge in [0.15, 0.2) is 0 Å². The fourth-order valence-electron chi connectivity index (χ4n) is 2.85. The Morgan fingerprint density at radius 1 is 1.48 bits per heavy atom. The Bertz CT molecular complexity index is 542. The smallest absolute Gasteiger partial charge is 0.410 e. The molecule has 5 nitrogen and oxygen atoms in total. The van der Waals surface area contributed by atoms with Crippen molar-refractivity contribution in [2.75, 3.05) is 6.54 Å². The minimum Gasteiger partial charge on any atom is -0.444 e. The van der Waals surface area contributed by atoms with Gasteiger partial charge in [0.2, 0.25) is 0 Å². The molecule has 0 saturated carbocycles. The molecule has 0 aliphatic carbocycles. The summed E-state index contributed by atoms with van der Waals surface area (Å²) >= 11 is 5.89. The lowest BCUT2D eigenvalue weighted by Crippen LogP contribution is -2.51. The number of hydrogen-bond donors (Lipinski definition) is 1. The second kappa shape index (κ2) is 7.05. The van der Waals surface area contributed by atoms with E-state index in [-0.39, 0.29) is 18.1 Å². The topological polar surface area (TPSA) is 62.7 Å². The zero-order chi connectivity index (χ0) is 17.2. The lowest BCUT2D eigenvalue weighted by atomic mass is 9.88. The van der Waals surface area contributed by atoms with Crippen molar-refractivity contribution >= 4 is 17.7 Å². The molecule has 0 bridgehead atoms. The monoisotopic (exact) mass is 340 g/mol. The molecule has 1 N–H and O–H groups in total. The summed E-state index contributed by atoms with van der Waals surface area (Å²) in [5.74, 6) is -0.0188. The quantitative estimate of drug-likeness (QED) is 0.893. The van der Waals surface area contributed by atoms with Gasteiger partial charge in [-0.2, -0.15) is 0 Å². The summed E-state index contributed by atoms with van der Waals surface area (Å²) in [4.78, 5) is 18.6. The van der Waals surface area contributed by atoms with Crippen molar-refractivity contribution in [3.05, 3.63) is 29.0 Å². The Morgan fingerprint density at radius 2 is 2.17 bits per heavy atom. The molecule has 0 spiro atoms. The molecular weight excluding hydrogens is 316 g/mol. The lowest BCUT2D eigenvalue weighted by Gasteiger charge is -2.41. The van der Waals surface area contributed by atoms with E-state index < -0.39 is 11.7 Å². The SMILES string of the molecule is C[C@H](c1ccc(Cl)cn1)C1CC(O)CCN1C(=O)OC(C)(C)C. The van der Waals surface area contributed by atoms with E-state index in [2.05, 4.69) is 4.98 Å². The van der Waals surface area contributed by atoms with E-state index in [1.54, 1.807) is 17.2 Å². The van der Waals surface area contributed by atoms with Crippen LogP contribution in [0.3, 0.4) is 0 Å². The normalized spacial score (nSPS) is 23.5. The fourth-order valence-corrected chi connectivity index (χ4v) is 2.96. The van der Waals surface area contributed by atoms with Crippen LogP contribution in [-0.4, -0.2) is 45.4 Å². The molecule has 2 unspecified atom stereocenters. The number of likely N-dealkylation sites (tertiary alicyclic amines) is 1. The van der Waals surface area contributed by atoms with Gasteiger partial charge in [-0.1, -0.05) is 18.5 Å². The number of aromatic nitrogens is 1. The molecule has 1 aliphatic rings. The van der Waals surface area contributed by atoms with E-state index in [1.165, 1.54) is 0 Å². The second-order valence-corrected chi connectivity index (χ2v) is 7.55. The number of halogens is 1. The molecule has 1 amide bonds. The van der Waals surface area contributed by atoms with E-state index in [4.69, 9.17) is 16.3 Å². The third-order valence-electron chi connectivity index (χ3n) is 4.04. The van der Waals surface area contributed by atoms with Crippen LogP contribution >= 0.6 is 11.6 Å². The number of amides is 1. The molecule has 2 rings (SSSR count). The predicted octanol–water partition coefficient (Wildman–Crippen LogP) is 3.60. The Hall–Kier alpha value is -1.33. The molecule has 1 aromatic rings. The van der Waals surface area contributed by atoms with Gasteiger partial charge in [0.05, 0.1) is 11.1 Å². The second-order valence-electron chi connectivity index (χ2n) is 7.11. The summed E-state index contributed by atoms with van der Waals surface area (Å²) in [6.07, 6.45) is 1.94. The molecule has 0 aromatic carbocycles. The van der Waals surface area contributed by atoms with Gasteiger partial charge in [0.25, 0.3) is 0 Å². The fraction of sp³-hybridized carbons (Fsp3) is 0.647. The van der Waals surface area contributed by atoms with Gasteiger partial charge in [-0.15, -0.1) is 0 Å². The van der Waals surface area contributed by atoms with Gasteiger partial charge >= 0.3 is 6.09 Å². The van der Waals surface area contributed by atoms with Crippen molar-refractivity contribution in [3.8, 4) is 0 Å². The van der Waals surface area contributed by atoms with Crippen LogP contribution in [0.4, 0.5) is 4.79 Å². The van der Waals surface area contributed by atoms with Gasteiger partial charge in [0.1, 0.15) is 5.60 Å². The van der Waals surface area contributed by atoms with E-state index >= 15 is 0 Å². The van der Waals surface area contributed by atoms with E-state index in [1.807, 2.05) is 33.8 Å². The number of hydrogen-bond acceptors (Lipinski definition) is 4. The molecule has 6 heteroatoms. The van der Waals surface area contributed by atoms with Crippen LogP contribution in [0.5, 0.6) is 0 Å². The van der Waals surface area contributed by atoms with Gasteiger partial charge in [-0.05, 0) is 45.7 Å². The molecule has 2 heterocycles. The van der Waals surface area contributed by atoms with Gasteiger partial charge in [-0.3, -0.25) is 4.98 Å². The van der Waals surface area contributed by atoms with Crippen LogP contribution < -0.4 is 0 Å². The average molecular weight is 341 g/mol. The first-order chi connectivity index (χ1) is 10.7. The highest BCUT2D eigenvalue weighted by atomic mass is 35.5. The van der Waals surface area contributed by atoms with Crippen molar-refractivity contribution in [3.63, 3.8) is 0 Å². The standard InChI is InChI=1S/C17H25ClN2O3/c1-11(14-6-5-12(18)10-19-14)15-9-13(21)7-8-20(15)16(22)23-17(2,3)4/h5-6,10-11,13,15,21H,7-9H2,1-4H3/t11-,13?,15?/m1/s1. The summed E-state index contributed by atoms with van der Waals surface area (Å²) < 4.78 is 5.51. The minimum atomic E-state index is -0.542. The molecule has 3 atom stereocenters. The molecule has 1 aliphatic heterocycles. The lowest BCUT2D eigenvalue weighted by molar-refractivity contribution is -0.0121. The molecule has 1 fully saturated rings. The van der Waals surface area contributed by atoms with Crippen LogP contribution in [-0.2, 0) is 4.74 Å². The number of rotatable bonds is 2. The maximum Gasteiger partial charge on any atom is 0.410 e. The number of pyridine rings is 1. The summed E-state index contributed by atoms with van der Waals surface area (Å²) in [6.45, 7) is 8.05. The Kier molecular flexibility index (Phi) is 5.53. The van der Waals surface area contributed by atoms with Crippen molar-refractivity contribution in [2.45, 2.75) is 64.2 Å². The van der Waals surface area contributed by atoms with Crippen LogP contribution in [0.1, 0.15) is 52.1 Å². The van der Waals surface area contributed by atoms with Crippen molar-refractivity contribution in [2.24, 2.45) is 0 Å². The first-order valence-corrected chi connectivity index (χ1v) is 8.34. The van der Waals surface area contributed by atoms with E-state index in [9.17, 15) is 9.90 Å². The summed E-state index contributed by atoms with van der Waals surface area (Å²) in [5.41, 5.74) is 0.307. The number of ether oxygens (including phenoxy) is 1. The highest BCUT2D eigenvalue weighted by Crippen LogP contribution is 2.31. The molecule has 1 aromatic heterocycles. The number of nitrogens with zero attached hydrogens (tertiary/aromatic N) is 2. The maximum absolute atomic E-state index is 12.5. The molecule has 23 heavy (non-hydrogen) atoms. The number of carbonyl (C=O) groups is 1. The predicted molar refractivity (Wildman–Crippen MR) is 89.6 cm³/mol. The Labute approximate surface area is 142 Å². The number of carbonyl (C=O) groups excluding carboxylic acids is 1. The molecular formula is C17H25ClN2O3. The maximum atomic E-state index is 12.5. The van der Waals surface area contributed by atoms with Gasteiger partial charge in [0, 0.05) is 30.4 Å². The molecule has 0 radical (unpaired) electrons. The Morgan fingerprint density at radius 3 is 2.74 bits per heavy atom. The van der Waals surface area contributed by atoms with Crippen LogP contribution in [0, 0.1) is 0 Å². The first kappa shape index (κ1) is 18.0. The van der Waals surface area contributed by atoms with Crippen LogP contribution in [0.2, 0.25) is 5.02 Å². The summed E-state index contributed by atoms with van der Waals surface area (Å²) in [5, 5.41) is 10.6. The molecule has 128 valence electrons. The number of aliphatic hydroxyl groups excluding tert-OH is 1. The average Bonchev–Trinajstić information content (AvgIpc) is 2.45. The zero-order valence-corrected chi connectivity index (χ0v) is 14.9. The third kappa shape index (κ3) is 4.82. The minimum absolute atomic E-state index is 0.0188. The molecule has 1 saturated heterocycles. The number of aliphatic hydroxyl groups is 1. The highest BCUT2D eigenvalue weighted by Gasteiger charge is 2.37.